The predicted molar refractivity (Wildman–Crippen MR) is 79.0 cm³/mol. The molecule has 0 amide bonds. The first-order valence-corrected chi connectivity index (χ1v) is 6.64. The number of hydrogen-bond acceptors (Lipinski definition) is 4. The normalized spacial score (nSPS) is 10.2. The topological polar surface area (TPSA) is 89.7 Å². The summed E-state index contributed by atoms with van der Waals surface area (Å²) in [6.07, 6.45) is 0. The first-order chi connectivity index (χ1) is 9.90. The molecule has 0 spiro atoms. The lowest BCUT2D eigenvalue weighted by Crippen LogP contribution is -2.02. The molecule has 0 unspecified atom stereocenters. The third-order valence-electron chi connectivity index (χ3n) is 2.83. The van der Waals surface area contributed by atoms with E-state index in [-0.39, 0.29) is 22.6 Å². The van der Waals surface area contributed by atoms with Gasteiger partial charge in [-0.1, -0.05) is 12.1 Å². The quantitative estimate of drug-likeness (QED) is 0.659. The zero-order valence-corrected chi connectivity index (χ0v) is 12.5. The summed E-state index contributed by atoms with van der Waals surface area (Å²) >= 11 is 3.30. The van der Waals surface area contributed by atoms with Crippen molar-refractivity contribution in [3.8, 4) is 11.5 Å². The second-order valence-corrected chi connectivity index (χ2v) is 5.07. The van der Waals surface area contributed by atoms with E-state index in [9.17, 15) is 14.9 Å². The standard InChI is InChI=1S/C14H10BrNO5/c1-8-11(16(19)20)6-9(14(17)18)7-13(8)21-12-5-3-2-4-10(12)15/h2-7H,1H3,(H,17,18). The molecule has 0 aliphatic heterocycles. The van der Waals surface area contributed by atoms with Gasteiger partial charge in [-0.25, -0.2) is 4.79 Å². The van der Waals surface area contributed by atoms with Crippen LogP contribution in [0.4, 0.5) is 5.69 Å². The summed E-state index contributed by atoms with van der Waals surface area (Å²) in [5, 5.41) is 20.1. The van der Waals surface area contributed by atoms with Gasteiger partial charge in [-0.3, -0.25) is 10.1 Å². The van der Waals surface area contributed by atoms with Gasteiger partial charge in [-0.15, -0.1) is 0 Å². The van der Waals surface area contributed by atoms with Crippen LogP contribution < -0.4 is 4.74 Å². The molecular weight excluding hydrogens is 342 g/mol. The molecule has 0 fully saturated rings. The van der Waals surface area contributed by atoms with E-state index in [0.717, 1.165) is 6.07 Å². The molecule has 1 N–H and O–H groups in total. The lowest BCUT2D eigenvalue weighted by Gasteiger charge is -2.11. The summed E-state index contributed by atoms with van der Waals surface area (Å²) < 4.78 is 6.27. The fraction of sp³-hybridized carbons (Fsp3) is 0.0714. The fourth-order valence-electron chi connectivity index (χ4n) is 1.74. The van der Waals surface area contributed by atoms with Crippen molar-refractivity contribution >= 4 is 27.6 Å². The summed E-state index contributed by atoms with van der Waals surface area (Å²) in [6.45, 7) is 1.51. The number of para-hydroxylation sites is 1. The van der Waals surface area contributed by atoms with Gasteiger partial charge < -0.3 is 9.84 Å². The third kappa shape index (κ3) is 3.19. The smallest absolute Gasteiger partial charge is 0.336 e. The molecule has 2 aromatic rings. The number of nitro groups is 1. The van der Waals surface area contributed by atoms with E-state index in [1.54, 1.807) is 24.3 Å². The Kier molecular flexibility index (Phi) is 4.23. The maximum Gasteiger partial charge on any atom is 0.336 e. The van der Waals surface area contributed by atoms with Crippen molar-refractivity contribution in [1.29, 1.82) is 0 Å². The zero-order chi connectivity index (χ0) is 15.6. The highest BCUT2D eigenvalue weighted by molar-refractivity contribution is 9.10. The van der Waals surface area contributed by atoms with Crippen LogP contribution in [0.2, 0.25) is 0 Å². The summed E-state index contributed by atoms with van der Waals surface area (Å²) in [6, 6.07) is 9.24. The van der Waals surface area contributed by atoms with Gasteiger partial charge in [0.05, 0.1) is 20.5 Å². The van der Waals surface area contributed by atoms with Crippen LogP contribution in [-0.2, 0) is 0 Å². The SMILES string of the molecule is Cc1c(Oc2ccccc2Br)cc(C(=O)O)cc1[N+](=O)[O-]. The molecule has 0 saturated carbocycles. The summed E-state index contributed by atoms with van der Waals surface area (Å²) in [5.41, 5.74) is -0.230. The predicted octanol–water partition coefficient (Wildman–Crippen LogP) is 4.16. The molecule has 108 valence electrons. The molecule has 0 atom stereocenters. The number of halogens is 1. The number of carboxylic acids is 1. The minimum Gasteiger partial charge on any atom is -0.478 e. The van der Waals surface area contributed by atoms with Crippen LogP contribution in [0.5, 0.6) is 11.5 Å². The number of ether oxygens (including phenoxy) is 1. The number of hydrogen-bond donors (Lipinski definition) is 1. The van der Waals surface area contributed by atoms with Gasteiger partial charge in [-0.2, -0.15) is 0 Å². The van der Waals surface area contributed by atoms with E-state index in [2.05, 4.69) is 15.9 Å². The van der Waals surface area contributed by atoms with E-state index < -0.39 is 10.9 Å². The monoisotopic (exact) mass is 351 g/mol. The lowest BCUT2D eigenvalue weighted by atomic mass is 10.1. The highest BCUT2D eigenvalue weighted by atomic mass is 79.9. The Bertz CT molecular complexity index is 729. The zero-order valence-electron chi connectivity index (χ0n) is 10.9. The average molecular weight is 352 g/mol. The summed E-state index contributed by atoms with van der Waals surface area (Å²) in [7, 11) is 0. The van der Waals surface area contributed by atoms with Gasteiger partial charge in [0.1, 0.15) is 11.5 Å². The first kappa shape index (κ1) is 15.0. The number of aromatic carboxylic acids is 1. The molecule has 0 radical (unpaired) electrons. The van der Waals surface area contributed by atoms with Crippen molar-refractivity contribution in [3.63, 3.8) is 0 Å². The number of carboxylic acid groups (broad SMARTS) is 1. The van der Waals surface area contributed by atoms with Crippen molar-refractivity contribution < 1.29 is 19.6 Å². The highest BCUT2D eigenvalue weighted by Crippen LogP contribution is 2.35. The Labute approximate surface area is 128 Å². The van der Waals surface area contributed by atoms with Crippen LogP contribution in [0.25, 0.3) is 0 Å². The molecule has 0 saturated heterocycles. The number of nitrogens with zero attached hydrogens (tertiary/aromatic N) is 1. The maximum atomic E-state index is 11.1. The van der Waals surface area contributed by atoms with Gasteiger partial charge in [0, 0.05) is 6.07 Å². The van der Waals surface area contributed by atoms with E-state index >= 15 is 0 Å². The van der Waals surface area contributed by atoms with Gasteiger partial charge in [-0.05, 0) is 41.1 Å². The van der Waals surface area contributed by atoms with Crippen LogP contribution in [0, 0.1) is 17.0 Å². The second-order valence-electron chi connectivity index (χ2n) is 4.21. The van der Waals surface area contributed by atoms with Gasteiger partial charge in [0.25, 0.3) is 5.69 Å². The molecule has 0 aliphatic rings. The number of nitro benzene ring substituents is 1. The second kappa shape index (κ2) is 5.92. The van der Waals surface area contributed by atoms with Crippen LogP contribution in [-0.4, -0.2) is 16.0 Å². The van der Waals surface area contributed by atoms with Crippen LogP contribution in [0.3, 0.4) is 0 Å². The fourth-order valence-corrected chi connectivity index (χ4v) is 2.10. The summed E-state index contributed by atoms with van der Waals surface area (Å²) in [4.78, 5) is 21.5. The van der Waals surface area contributed by atoms with Crippen molar-refractivity contribution in [2.24, 2.45) is 0 Å². The lowest BCUT2D eigenvalue weighted by molar-refractivity contribution is -0.385. The molecule has 7 heteroatoms. The van der Waals surface area contributed by atoms with Gasteiger partial charge in [0.2, 0.25) is 0 Å². The van der Waals surface area contributed by atoms with Crippen molar-refractivity contribution in [2.45, 2.75) is 6.92 Å². The number of carbonyl (C=O) groups is 1. The van der Waals surface area contributed by atoms with E-state index in [0.29, 0.717) is 10.2 Å². The Morgan fingerprint density at radius 1 is 1.29 bits per heavy atom. The summed E-state index contributed by atoms with van der Waals surface area (Å²) in [5.74, 6) is -0.680. The number of benzene rings is 2. The Hall–Kier alpha value is -2.41. The number of rotatable bonds is 4. The van der Waals surface area contributed by atoms with Crippen LogP contribution in [0.15, 0.2) is 40.9 Å². The first-order valence-electron chi connectivity index (χ1n) is 5.85. The molecule has 0 bridgehead atoms. The highest BCUT2D eigenvalue weighted by Gasteiger charge is 2.20. The average Bonchev–Trinajstić information content (AvgIpc) is 2.42. The Morgan fingerprint density at radius 2 is 1.95 bits per heavy atom. The van der Waals surface area contributed by atoms with Crippen molar-refractivity contribution in [1.82, 2.24) is 0 Å². The molecule has 0 aliphatic carbocycles. The minimum atomic E-state index is -1.25. The maximum absolute atomic E-state index is 11.1. The molecular formula is C14H10BrNO5. The molecule has 0 aromatic heterocycles. The Balaban J connectivity index is 2.55. The molecule has 21 heavy (non-hydrogen) atoms. The van der Waals surface area contributed by atoms with E-state index in [1.165, 1.54) is 13.0 Å². The van der Waals surface area contributed by atoms with Crippen molar-refractivity contribution in [3.05, 3.63) is 62.1 Å². The van der Waals surface area contributed by atoms with E-state index in [4.69, 9.17) is 9.84 Å². The molecule has 0 heterocycles. The molecule has 2 rings (SSSR count). The Morgan fingerprint density at radius 3 is 2.52 bits per heavy atom. The van der Waals surface area contributed by atoms with Crippen molar-refractivity contribution in [2.75, 3.05) is 0 Å². The largest absolute Gasteiger partial charge is 0.478 e. The minimum absolute atomic E-state index is 0.133. The third-order valence-corrected chi connectivity index (χ3v) is 3.49. The van der Waals surface area contributed by atoms with Gasteiger partial charge >= 0.3 is 5.97 Å². The van der Waals surface area contributed by atoms with Crippen LogP contribution >= 0.6 is 15.9 Å². The molecule has 2 aromatic carbocycles. The van der Waals surface area contributed by atoms with E-state index in [1.807, 2.05) is 0 Å². The van der Waals surface area contributed by atoms with Crippen LogP contribution in [0.1, 0.15) is 15.9 Å². The van der Waals surface area contributed by atoms with Gasteiger partial charge in [0.15, 0.2) is 0 Å². The molecule has 6 nitrogen and oxygen atoms in total.